The van der Waals surface area contributed by atoms with E-state index in [9.17, 15) is 4.79 Å². The van der Waals surface area contributed by atoms with Gasteiger partial charge >= 0.3 is 6.09 Å². The highest BCUT2D eigenvalue weighted by atomic mass is 16.6. The Morgan fingerprint density at radius 3 is 2.46 bits per heavy atom. The van der Waals surface area contributed by atoms with E-state index in [2.05, 4.69) is 42.0 Å². The monoisotopic (exact) mass is 362 g/mol. The summed E-state index contributed by atoms with van der Waals surface area (Å²) in [5.74, 6) is 0.881. The van der Waals surface area contributed by atoms with Gasteiger partial charge in [-0.3, -0.25) is 10.2 Å². The van der Waals surface area contributed by atoms with Crippen LogP contribution in [-0.4, -0.2) is 46.2 Å². The lowest BCUT2D eigenvalue weighted by molar-refractivity contribution is 0.0635. The summed E-state index contributed by atoms with van der Waals surface area (Å²) in [5, 5.41) is 2.73. The van der Waals surface area contributed by atoms with Crippen LogP contribution in [0.4, 0.5) is 10.6 Å². The number of aromatic nitrogens is 1. The Bertz CT molecular complexity index is 646. The van der Waals surface area contributed by atoms with Crippen LogP contribution >= 0.6 is 0 Å². The van der Waals surface area contributed by atoms with E-state index in [4.69, 9.17) is 10.5 Å². The fourth-order valence-electron chi connectivity index (χ4n) is 3.25. The van der Waals surface area contributed by atoms with Gasteiger partial charge in [-0.05, 0) is 78.5 Å². The maximum absolute atomic E-state index is 12.0. The lowest BCUT2D eigenvalue weighted by Gasteiger charge is -2.31. The largest absolute Gasteiger partial charge is 0.444 e. The topological polar surface area (TPSA) is 80.5 Å². The molecule has 2 atom stereocenters. The number of ether oxygens (including phenoxy) is 1. The van der Waals surface area contributed by atoms with Crippen LogP contribution in [0.1, 0.15) is 52.8 Å². The second-order valence-corrected chi connectivity index (χ2v) is 9.35. The smallest absolute Gasteiger partial charge is 0.413 e. The molecular weight excluding hydrogens is 328 g/mol. The van der Waals surface area contributed by atoms with Gasteiger partial charge in [0.15, 0.2) is 0 Å². The van der Waals surface area contributed by atoms with Gasteiger partial charge in [0.2, 0.25) is 0 Å². The molecule has 1 fully saturated rings. The Morgan fingerprint density at radius 2 is 1.92 bits per heavy atom. The van der Waals surface area contributed by atoms with E-state index in [1.165, 1.54) is 0 Å². The third kappa shape index (κ3) is 5.95. The minimum atomic E-state index is -0.538. The summed E-state index contributed by atoms with van der Waals surface area (Å²) in [5.41, 5.74) is 7.97. The second-order valence-electron chi connectivity index (χ2n) is 9.35. The van der Waals surface area contributed by atoms with Crippen molar-refractivity contribution in [1.29, 1.82) is 0 Å². The molecule has 2 heterocycles. The molecule has 0 saturated carbocycles. The molecular formula is C20H34N4O2. The van der Waals surface area contributed by atoms with Crippen LogP contribution in [-0.2, 0) is 11.2 Å². The number of carbonyl (C=O) groups excluding carboxylic acids is 1. The average molecular weight is 363 g/mol. The van der Waals surface area contributed by atoms with E-state index in [0.717, 1.165) is 30.8 Å². The van der Waals surface area contributed by atoms with Gasteiger partial charge in [-0.1, -0.05) is 0 Å². The number of anilines is 1. The molecule has 0 spiro atoms. The number of aryl methyl sites for hydroxylation is 1. The Morgan fingerprint density at radius 1 is 1.27 bits per heavy atom. The molecule has 6 nitrogen and oxygen atoms in total. The summed E-state index contributed by atoms with van der Waals surface area (Å²) in [6.07, 6.45) is 0.316. The highest BCUT2D eigenvalue weighted by Crippen LogP contribution is 2.26. The first-order valence-electron chi connectivity index (χ1n) is 9.32. The molecule has 1 aliphatic rings. The summed E-state index contributed by atoms with van der Waals surface area (Å²) in [6.45, 7) is 16.0. The van der Waals surface area contributed by atoms with Gasteiger partial charge in [-0.15, -0.1) is 0 Å². The van der Waals surface area contributed by atoms with Crippen LogP contribution in [0, 0.1) is 12.8 Å². The van der Waals surface area contributed by atoms with Crippen molar-refractivity contribution in [2.75, 3.05) is 18.4 Å². The predicted molar refractivity (Wildman–Crippen MR) is 105 cm³/mol. The van der Waals surface area contributed by atoms with E-state index in [0.29, 0.717) is 11.7 Å². The summed E-state index contributed by atoms with van der Waals surface area (Å²) < 4.78 is 5.31. The highest BCUT2D eigenvalue weighted by Gasteiger charge is 2.35. The van der Waals surface area contributed by atoms with Crippen LogP contribution in [0.3, 0.4) is 0 Å². The van der Waals surface area contributed by atoms with Crippen molar-refractivity contribution in [3.8, 4) is 0 Å². The number of hydrogen-bond donors (Lipinski definition) is 2. The minimum Gasteiger partial charge on any atom is -0.444 e. The molecule has 1 aromatic rings. The Labute approximate surface area is 157 Å². The number of carbonyl (C=O) groups is 1. The number of pyridine rings is 1. The molecule has 146 valence electrons. The zero-order valence-corrected chi connectivity index (χ0v) is 17.2. The highest BCUT2D eigenvalue weighted by molar-refractivity contribution is 5.83. The van der Waals surface area contributed by atoms with Crippen LogP contribution in [0.2, 0.25) is 0 Å². The molecule has 6 heteroatoms. The van der Waals surface area contributed by atoms with Crippen LogP contribution < -0.4 is 11.1 Å². The van der Waals surface area contributed by atoms with Crippen LogP contribution in [0.15, 0.2) is 12.1 Å². The molecule has 1 aromatic heterocycles. The van der Waals surface area contributed by atoms with Gasteiger partial charge in [-0.2, -0.15) is 0 Å². The Hall–Kier alpha value is -1.66. The van der Waals surface area contributed by atoms with E-state index in [-0.39, 0.29) is 11.6 Å². The van der Waals surface area contributed by atoms with Gasteiger partial charge in [0, 0.05) is 30.4 Å². The molecule has 1 aliphatic heterocycles. The average Bonchev–Trinajstić information content (AvgIpc) is 2.77. The van der Waals surface area contributed by atoms with Gasteiger partial charge in [0.1, 0.15) is 11.4 Å². The van der Waals surface area contributed by atoms with Crippen LogP contribution in [0.25, 0.3) is 0 Å². The molecule has 0 aromatic carbocycles. The maximum atomic E-state index is 12.0. The number of nitrogens with zero attached hydrogens (tertiary/aromatic N) is 2. The normalized spacial score (nSPS) is 21.7. The first-order chi connectivity index (χ1) is 11.8. The zero-order valence-electron chi connectivity index (χ0n) is 17.2. The van der Waals surface area contributed by atoms with Gasteiger partial charge < -0.3 is 10.5 Å². The molecule has 26 heavy (non-hydrogen) atoms. The van der Waals surface area contributed by atoms with E-state index < -0.39 is 11.7 Å². The Kier molecular flexibility index (Phi) is 5.98. The third-order valence-corrected chi connectivity index (χ3v) is 4.56. The fourth-order valence-corrected chi connectivity index (χ4v) is 3.25. The van der Waals surface area contributed by atoms with E-state index >= 15 is 0 Å². The maximum Gasteiger partial charge on any atom is 0.413 e. The number of likely N-dealkylation sites (tertiary alicyclic amines) is 1. The third-order valence-electron chi connectivity index (χ3n) is 4.56. The predicted octanol–water partition coefficient (Wildman–Crippen LogP) is 3.34. The number of nitrogens with one attached hydrogen (secondary N) is 1. The summed E-state index contributed by atoms with van der Waals surface area (Å²) in [4.78, 5) is 19.0. The SMILES string of the molecule is Cc1cc(C[C@@H]2CN(C(C)(C)C)C[C@H]2N)nc(NC(=O)OC(C)(C)C)c1. The lowest BCUT2D eigenvalue weighted by atomic mass is 9.97. The summed E-state index contributed by atoms with van der Waals surface area (Å²) >= 11 is 0. The second kappa shape index (κ2) is 7.53. The number of nitrogens with two attached hydrogens (primary N) is 1. The molecule has 0 bridgehead atoms. The molecule has 0 aliphatic carbocycles. The molecule has 1 amide bonds. The van der Waals surface area contributed by atoms with Gasteiger partial charge in [0.05, 0.1) is 0 Å². The standard InChI is InChI=1S/C20H34N4O2/c1-13-8-15(10-14-11-24(12-16(14)21)19(2,3)4)22-17(9-13)23-18(25)26-20(5,6)7/h8-9,14,16H,10-12,21H2,1-7H3,(H,22,23,25)/t14-,16-/m1/s1. The first kappa shape index (κ1) is 20.6. The first-order valence-corrected chi connectivity index (χ1v) is 9.32. The minimum absolute atomic E-state index is 0.121. The van der Waals surface area contributed by atoms with Crippen LogP contribution in [0.5, 0.6) is 0 Å². The van der Waals surface area contributed by atoms with Crippen molar-refractivity contribution in [2.45, 2.75) is 72.1 Å². The summed E-state index contributed by atoms with van der Waals surface area (Å²) in [6, 6.07) is 4.05. The van der Waals surface area contributed by atoms with Crippen molar-refractivity contribution in [3.63, 3.8) is 0 Å². The molecule has 1 saturated heterocycles. The molecule has 2 rings (SSSR count). The molecule has 3 N–H and O–H groups in total. The van der Waals surface area contributed by atoms with Gasteiger partial charge in [-0.25, -0.2) is 9.78 Å². The molecule has 0 radical (unpaired) electrons. The van der Waals surface area contributed by atoms with E-state index in [1.807, 2.05) is 33.8 Å². The number of amides is 1. The zero-order chi connectivity index (χ0) is 19.7. The van der Waals surface area contributed by atoms with Crippen molar-refractivity contribution >= 4 is 11.9 Å². The number of rotatable bonds is 3. The fraction of sp³-hybridized carbons (Fsp3) is 0.700. The summed E-state index contributed by atoms with van der Waals surface area (Å²) in [7, 11) is 0. The van der Waals surface area contributed by atoms with Crippen molar-refractivity contribution < 1.29 is 9.53 Å². The van der Waals surface area contributed by atoms with Gasteiger partial charge in [0.25, 0.3) is 0 Å². The van der Waals surface area contributed by atoms with Crippen molar-refractivity contribution in [3.05, 3.63) is 23.4 Å². The Balaban J connectivity index is 2.07. The lowest BCUT2D eigenvalue weighted by Crippen LogP contribution is -2.40. The van der Waals surface area contributed by atoms with Crippen molar-refractivity contribution in [1.82, 2.24) is 9.88 Å². The van der Waals surface area contributed by atoms with E-state index in [1.54, 1.807) is 0 Å². The van der Waals surface area contributed by atoms with Crippen molar-refractivity contribution in [2.24, 2.45) is 11.7 Å². The number of hydrogen-bond acceptors (Lipinski definition) is 5. The quantitative estimate of drug-likeness (QED) is 0.862. The molecule has 0 unspecified atom stereocenters.